The highest BCUT2D eigenvalue weighted by Crippen LogP contribution is 2.03. The molecule has 0 atom stereocenters. The van der Waals surface area contributed by atoms with Crippen molar-refractivity contribution < 1.29 is 14.6 Å². The molecule has 0 bridgehead atoms. The Bertz CT molecular complexity index is 138. The van der Waals surface area contributed by atoms with Crippen molar-refractivity contribution in [1.29, 1.82) is 0 Å². The van der Waals surface area contributed by atoms with Crippen LogP contribution in [-0.2, 0) is 9.53 Å². The van der Waals surface area contributed by atoms with Crippen LogP contribution < -0.4 is 0 Å². The fourth-order valence-electron chi connectivity index (χ4n) is 0.628. The first-order valence-corrected chi connectivity index (χ1v) is 4.86. The zero-order valence-electron chi connectivity index (χ0n) is 6.88. The second-order valence-electron chi connectivity index (χ2n) is 2.26. The number of carbonyl (C=O) groups excluding carboxylic acids is 1. The van der Waals surface area contributed by atoms with Crippen LogP contribution in [0.3, 0.4) is 0 Å². The maximum Gasteiger partial charge on any atom is 0.333 e. The number of esters is 1. The quantitative estimate of drug-likeness (QED) is 0.429. The third kappa shape index (κ3) is 5.32. The number of rotatable bonds is 6. The third-order valence-corrected chi connectivity index (χ3v) is 1.56. The van der Waals surface area contributed by atoms with Gasteiger partial charge in [0, 0.05) is 17.5 Å². The van der Waals surface area contributed by atoms with Gasteiger partial charge in [0.05, 0.1) is 0 Å². The van der Waals surface area contributed by atoms with Crippen LogP contribution in [0.5, 0.6) is 0 Å². The van der Waals surface area contributed by atoms with Gasteiger partial charge in [-0.25, -0.2) is 4.79 Å². The van der Waals surface area contributed by atoms with E-state index in [1.807, 2.05) is 0 Å². The summed E-state index contributed by atoms with van der Waals surface area (Å²) in [6, 6.07) is 0. The Morgan fingerprint density at radius 3 is 2.75 bits per heavy atom. The SMILES string of the molecule is C=C(CCCO)C(=O)OCCBr. The van der Waals surface area contributed by atoms with Gasteiger partial charge in [0.1, 0.15) is 6.61 Å². The van der Waals surface area contributed by atoms with Crippen LogP contribution in [0.25, 0.3) is 0 Å². The third-order valence-electron chi connectivity index (χ3n) is 1.24. The number of halogens is 1. The van der Waals surface area contributed by atoms with Crippen LogP contribution >= 0.6 is 15.9 Å². The molecule has 0 heterocycles. The largest absolute Gasteiger partial charge is 0.461 e. The number of alkyl halides is 1. The second kappa shape index (κ2) is 7.31. The van der Waals surface area contributed by atoms with Gasteiger partial charge in [0.15, 0.2) is 0 Å². The Kier molecular flexibility index (Phi) is 7.09. The number of aliphatic hydroxyl groups excluding tert-OH is 1. The molecule has 0 unspecified atom stereocenters. The highest BCUT2D eigenvalue weighted by atomic mass is 79.9. The molecule has 0 spiro atoms. The van der Waals surface area contributed by atoms with Gasteiger partial charge in [-0.05, 0) is 12.8 Å². The summed E-state index contributed by atoms with van der Waals surface area (Å²) in [6.07, 6.45) is 1.06. The van der Waals surface area contributed by atoms with Gasteiger partial charge in [0.2, 0.25) is 0 Å². The highest BCUT2D eigenvalue weighted by Gasteiger charge is 2.06. The smallest absolute Gasteiger partial charge is 0.333 e. The minimum atomic E-state index is -0.372. The van der Waals surface area contributed by atoms with Gasteiger partial charge in [0.25, 0.3) is 0 Å². The number of hydrogen-bond acceptors (Lipinski definition) is 3. The van der Waals surface area contributed by atoms with Crippen LogP contribution in [0.1, 0.15) is 12.8 Å². The van der Waals surface area contributed by atoms with Crippen molar-refractivity contribution in [3.63, 3.8) is 0 Å². The monoisotopic (exact) mass is 236 g/mol. The topological polar surface area (TPSA) is 46.5 Å². The Balaban J connectivity index is 3.55. The van der Waals surface area contributed by atoms with Crippen molar-refractivity contribution in [2.45, 2.75) is 12.8 Å². The predicted octanol–water partition coefficient (Wildman–Crippen LogP) is 1.25. The summed E-state index contributed by atoms with van der Waals surface area (Å²) >= 11 is 3.13. The first kappa shape index (κ1) is 11.6. The van der Waals surface area contributed by atoms with Crippen molar-refractivity contribution in [1.82, 2.24) is 0 Å². The lowest BCUT2D eigenvalue weighted by molar-refractivity contribution is -0.138. The molecule has 0 aliphatic rings. The normalized spacial score (nSPS) is 9.50. The molecule has 12 heavy (non-hydrogen) atoms. The zero-order chi connectivity index (χ0) is 9.40. The molecule has 0 rings (SSSR count). The summed E-state index contributed by atoms with van der Waals surface area (Å²) in [7, 11) is 0. The predicted molar refractivity (Wildman–Crippen MR) is 50.2 cm³/mol. The Labute approximate surface area is 80.5 Å². The first-order chi connectivity index (χ1) is 5.72. The number of ether oxygens (including phenoxy) is 1. The molecule has 1 N–H and O–H groups in total. The minimum Gasteiger partial charge on any atom is -0.461 e. The summed E-state index contributed by atoms with van der Waals surface area (Å²) in [6.45, 7) is 3.98. The van der Waals surface area contributed by atoms with Gasteiger partial charge in [-0.2, -0.15) is 0 Å². The van der Waals surface area contributed by atoms with Gasteiger partial charge < -0.3 is 9.84 Å². The molecular weight excluding hydrogens is 224 g/mol. The van der Waals surface area contributed by atoms with Crippen molar-refractivity contribution in [2.75, 3.05) is 18.5 Å². The molecule has 0 aliphatic heterocycles. The average Bonchev–Trinajstić information content (AvgIpc) is 2.10. The van der Waals surface area contributed by atoms with Crippen LogP contribution in [0.2, 0.25) is 0 Å². The number of carbonyl (C=O) groups is 1. The summed E-state index contributed by atoms with van der Waals surface area (Å²) < 4.78 is 4.78. The highest BCUT2D eigenvalue weighted by molar-refractivity contribution is 9.09. The maximum absolute atomic E-state index is 11.0. The average molecular weight is 237 g/mol. The van der Waals surface area contributed by atoms with E-state index in [0.717, 1.165) is 0 Å². The van der Waals surface area contributed by atoms with Gasteiger partial charge in [-0.3, -0.25) is 0 Å². The molecule has 0 radical (unpaired) electrons. The van der Waals surface area contributed by atoms with Crippen molar-refractivity contribution in [2.24, 2.45) is 0 Å². The van der Waals surface area contributed by atoms with Gasteiger partial charge in [-0.1, -0.05) is 22.5 Å². The van der Waals surface area contributed by atoms with Crippen LogP contribution in [0.15, 0.2) is 12.2 Å². The lowest BCUT2D eigenvalue weighted by atomic mass is 10.2. The fourth-order valence-corrected chi connectivity index (χ4v) is 0.790. The summed E-state index contributed by atoms with van der Waals surface area (Å²) in [4.78, 5) is 11.0. The molecule has 0 fully saturated rings. The molecule has 0 saturated carbocycles. The van der Waals surface area contributed by atoms with E-state index >= 15 is 0 Å². The maximum atomic E-state index is 11.0. The van der Waals surface area contributed by atoms with Crippen LogP contribution in [-0.4, -0.2) is 29.6 Å². The molecule has 70 valence electrons. The van der Waals surface area contributed by atoms with E-state index in [9.17, 15) is 4.79 Å². The van der Waals surface area contributed by atoms with E-state index in [-0.39, 0.29) is 12.6 Å². The molecule has 0 saturated heterocycles. The molecule has 3 nitrogen and oxygen atoms in total. The number of hydrogen-bond donors (Lipinski definition) is 1. The Morgan fingerprint density at radius 1 is 1.58 bits per heavy atom. The van der Waals surface area contributed by atoms with E-state index in [0.29, 0.717) is 30.4 Å². The second-order valence-corrected chi connectivity index (χ2v) is 3.05. The van der Waals surface area contributed by atoms with Crippen LogP contribution in [0.4, 0.5) is 0 Å². The summed E-state index contributed by atoms with van der Waals surface area (Å²) in [5, 5.41) is 9.10. The zero-order valence-corrected chi connectivity index (χ0v) is 8.47. The van der Waals surface area contributed by atoms with E-state index in [4.69, 9.17) is 9.84 Å². The molecular formula is C8H13BrO3. The van der Waals surface area contributed by atoms with Crippen molar-refractivity contribution in [3.8, 4) is 0 Å². The fraction of sp³-hybridized carbons (Fsp3) is 0.625. The Hall–Kier alpha value is -0.350. The summed E-state index contributed by atoms with van der Waals surface area (Å²) in [5.74, 6) is -0.372. The molecule has 0 aliphatic carbocycles. The van der Waals surface area contributed by atoms with E-state index in [2.05, 4.69) is 22.5 Å². The van der Waals surface area contributed by atoms with Gasteiger partial charge >= 0.3 is 5.97 Å². The molecule has 0 aromatic carbocycles. The van der Waals surface area contributed by atoms with Gasteiger partial charge in [-0.15, -0.1) is 0 Å². The standard InChI is InChI=1S/C8H13BrO3/c1-7(3-2-5-10)8(11)12-6-4-9/h10H,1-6H2. The van der Waals surface area contributed by atoms with Crippen molar-refractivity contribution >= 4 is 21.9 Å². The van der Waals surface area contributed by atoms with E-state index in [1.54, 1.807) is 0 Å². The lowest BCUT2D eigenvalue weighted by Gasteiger charge is -2.03. The lowest BCUT2D eigenvalue weighted by Crippen LogP contribution is -2.09. The molecule has 0 aromatic rings. The van der Waals surface area contributed by atoms with Crippen molar-refractivity contribution in [3.05, 3.63) is 12.2 Å². The Morgan fingerprint density at radius 2 is 2.25 bits per heavy atom. The van der Waals surface area contributed by atoms with Crippen LogP contribution in [0, 0.1) is 0 Å². The summed E-state index contributed by atoms with van der Waals surface area (Å²) in [5.41, 5.74) is 0.421. The first-order valence-electron chi connectivity index (χ1n) is 3.74. The number of aliphatic hydroxyl groups is 1. The molecule has 0 amide bonds. The minimum absolute atomic E-state index is 0.0742. The van der Waals surface area contributed by atoms with E-state index in [1.165, 1.54) is 0 Å². The van der Waals surface area contributed by atoms with E-state index < -0.39 is 0 Å². The molecule has 4 heteroatoms. The molecule has 0 aromatic heterocycles.